The van der Waals surface area contributed by atoms with E-state index in [-0.39, 0.29) is 20.0 Å². The van der Waals surface area contributed by atoms with E-state index in [4.69, 9.17) is 39.9 Å². The van der Waals surface area contributed by atoms with Gasteiger partial charge in [-0.2, -0.15) is 0 Å². The van der Waals surface area contributed by atoms with Gasteiger partial charge in [0.15, 0.2) is 0 Å². The molecule has 0 heterocycles. The molecule has 1 rings (SSSR count). The summed E-state index contributed by atoms with van der Waals surface area (Å²) in [5.74, 6) is 0. The fourth-order valence-corrected chi connectivity index (χ4v) is 1.99. The van der Waals surface area contributed by atoms with E-state index in [1.165, 1.54) is 0 Å². The van der Waals surface area contributed by atoms with Gasteiger partial charge in [0.05, 0.1) is 20.0 Å². The van der Waals surface area contributed by atoms with Crippen molar-refractivity contribution in [2.45, 2.75) is 4.90 Å². The summed E-state index contributed by atoms with van der Waals surface area (Å²) in [5, 5.41) is 5.07. The van der Waals surface area contributed by atoms with Crippen molar-refractivity contribution in [2.24, 2.45) is 5.14 Å². The maximum atomic E-state index is 10.9. The van der Waals surface area contributed by atoms with Crippen LogP contribution in [0, 0.1) is 0 Å². The van der Waals surface area contributed by atoms with Crippen molar-refractivity contribution < 1.29 is 8.42 Å². The molecule has 72 valence electrons. The number of sulfonamides is 1. The maximum Gasteiger partial charge on any atom is 0.238 e. The van der Waals surface area contributed by atoms with Crippen molar-refractivity contribution in [3.05, 3.63) is 27.2 Å². The molecule has 0 aliphatic rings. The van der Waals surface area contributed by atoms with Crippen LogP contribution in [0.4, 0.5) is 0 Å². The van der Waals surface area contributed by atoms with E-state index < -0.39 is 10.0 Å². The number of rotatable bonds is 1. The third-order valence-electron chi connectivity index (χ3n) is 1.29. The average Bonchev–Trinajstić information content (AvgIpc) is 1.97. The van der Waals surface area contributed by atoms with E-state index in [2.05, 4.69) is 0 Å². The van der Waals surface area contributed by atoms with Gasteiger partial charge in [-0.1, -0.05) is 34.8 Å². The molecular weight excluding hydrogens is 256 g/mol. The molecule has 0 aromatic heterocycles. The number of hydrogen-bond donors (Lipinski definition) is 1. The highest BCUT2D eigenvalue weighted by Crippen LogP contribution is 2.32. The molecular formula is C6H4Cl3NO2S. The van der Waals surface area contributed by atoms with E-state index >= 15 is 0 Å². The van der Waals surface area contributed by atoms with E-state index in [9.17, 15) is 8.42 Å². The SMILES string of the molecule is NS(=O)(=O)c1cc(Cl)c(Cl)c(Cl)c1. The molecule has 0 aliphatic carbocycles. The number of hydrogen-bond acceptors (Lipinski definition) is 2. The first kappa shape index (κ1) is 11.1. The molecule has 0 aliphatic heterocycles. The first-order chi connectivity index (χ1) is 5.82. The highest BCUT2D eigenvalue weighted by atomic mass is 35.5. The zero-order chi connectivity index (χ0) is 10.2. The molecule has 0 fully saturated rings. The Bertz CT molecular complexity index is 420. The number of halogens is 3. The Morgan fingerprint density at radius 3 is 1.77 bits per heavy atom. The van der Waals surface area contributed by atoms with Crippen molar-refractivity contribution in [3.63, 3.8) is 0 Å². The molecule has 0 radical (unpaired) electrons. The molecule has 1 aromatic carbocycles. The summed E-state index contributed by atoms with van der Waals surface area (Å²) >= 11 is 16.8. The van der Waals surface area contributed by atoms with Gasteiger partial charge in [0.25, 0.3) is 0 Å². The van der Waals surface area contributed by atoms with Crippen LogP contribution in [0.25, 0.3) is 0 Å². The fraction of sp³-hybridized carbons (Fsp3) is 0. The summed E-state index contributed by atoms with van der Waals surface area (Å²) in [6, 6.07) is 2.29. The van der Waals surface area contributed by atoms with Crippen molar-refractivity contribution >= 4 is 44.8 Å². The molecule has 13 heavy (non-hydrogen) atoms. The normalized spacial score (nSPS) is 11.7. The van der Waals surface area contributed by atoms with Crippen molar-refractivity contribution in [3.8, 4) is 0 Å². The van der Waals surface area contributed by atoms with Crippen LogP contribution in [0.15, 0.2) is 17.0 Å². The van der Waals surface area contributed by atoms with Gasteiger partial charge < -0.3 is 0 Å². The Labute approximate surface area is 90.4 Å². The van der Waals surface area contributed by atoms with Gasteiger partial charge in [-0.25, -0.2) is 13.6 Å². The highest BCUT2D eigenvalue weighted by Gasteiger charge is 2.13. The average molecular weight is 261 g/mol. The van der Waals surface area contributed by atoms with E-state index in [1.807, 2.05) is 0 Å². The second-order valence-corrected chi connectivity index (χ2v) is 5.00. The first-order valence-corrected chi connectivity index (χ1v) is 5.68. The summed E-state index contributed by atoms with van der Waals surface area (Å²) in [4.78, 5) is -0.160. The first-order valence-electron chi connectivity index (χ1n) is 2.99. The lowest BCUT2D eigenvalue weighted by atomic mass is 10.4. The molecule has 0 saturated heterocycles. The van der Waals surface area contributed by atoms with Gasteiger partial charge >= 0.3 is 0 Å². The summed E-state index contributed by atoms with van der Waals surface area (Å²) in [7, 11) is -3.79. The van der Waals surface area contributed by atoms with Gasteiger partial charge in [-0.3, -0.25) is 0 Å². The molecule has 7 heteroatoms. The Hall–Kier alpha value is -0.000000000000000111. The van der Waals surface area contributed by atoms with Gasteiger partial charge in [0, 0.05) is 0 Å². The van der Waals surface area contributed by atoms with Crippen molar-refractivity contribution in [1.82, 2.24) is 0 Å². The quantitative estimate of drug-likeness (QED) is 0.788. The van der Waals surface area contributed by atoms with Gasteiger partial charge in [0.2, 0.25) is 10.0 Å². The predicted molar refractivity (Wildman–Crippen MR) is 52.8 cm³/mol. The van der Waals surface area contributed by atoms with Crippen LogP contribution >= 0.6 is 34.8 Å². The number of benzene rings is 1. The Morgan fingerprint density at radius 1 is 1.08 bits per heavy atom. The van der Waals surface area contributed by atoms with E-state index in [0.29, 0.717) is 0 Å². The molecule has 0 atom stereocenters. The van der Waals surface area contributed by atoms with Crippen LogP contribution in [-0.4, -0.2) is 8.42 Å². The van der Waals surface area contributed by atoms with E-state index in [1.54, 1.807) is 0 Å². The lowest BCUT2D eigenvalue weighted by Gasteiger charge is -2.02. The minimum Gasteiger partial charge on any atom is -0.225 e. The zero-order valence-electron chi connectivity index (χ0n) is 6.09. The van der Waals surface area contributed by atoms with Gasteiger partial charge in [-0.05, 0) is 12.1 Å². The minimum absolute atomic E-state index is 0.0539. The zero-order valence-corrected chi connectivity index (χ0v) is 9.17. The minimum atomic E-state index is -3.79. The summed E-state index contributed by atoms with van der Waals surface area (Å²) in [6.07, 6.45) is 0. The molecule has 2 N–H and O–H groups in total. The third kappa shape index (κ3) is 2.48. The smallest absolute Gasteiger partial charge is 0.225 e. The standard InChI is InChI=1S/C6H4Cl3NO2S/c7-4-1-3(13(10,11)12)2-5(8)6(4)9/h1-2H,(H2,10,11,12). The Morgan fingerprint density at radius 2 is 1.46 bits per heavy atom. The number of nitrogens with two attached hydrogens (primary N) is 1. The maximum absolute atomic E-state index is 10.9. The summed E-state index contributed by atoms with van der Waals surface area (Å²) < 4.78 is 21.7. The van der Waals surface area contributed by atoms with Crippen LogP contribution in [0.3, 0.4) is 0 Å². The highest BCUT2D eigenvalue weighted by molar-refractivity contribution is 7.89. The number of primary sulfonamides is 1. The summed E-state index contributed by atoms with van der Waals surface area (Å²) in [5.41, 5.74) is 0. The van der Waals surface area contributed by atoms with Crippen LogP contribution < -0.4 is 5.14 Å². The van der Waals surface area contributed by atoms with Crippen LogP contribution in [0.5, 0.6) is 0 Å². The van der Waals surface area contributed by atoms with Crippen molar-refractivity contribution in [2.75, 3.05) is 0 Å². The van der Waals surface area contributed by atoms with Crippen molar-refractivity contribution in [1.29, 1.82) is 0 Å². The fourth-order valence-electron chi connectivity index (χ4n) is 0.697. The topological polar surface area (TPSA) is 60.2 Å². The Kier molecular flexibility index (Phi) is 3.09. The Balaban J connectivity index is 3.47. The molecule has 0 bridgehead atoms. The molecule has 3 nitrogen and oxygen atoms in total. The van der Waals surface area contributed by atoms with Crippen LogP contribution in [0.2, 0.25) is 15.1 Å². The predicted octanol–water partition coefficient (Wildman–Crippen LogP) is 2.29. The molecule has 0 spiro atoms. The molecule has 1 aromatic rings. The monoisotopic (exact) mass is 259 g/mol. The lowest BCUT2D eigenvalue weighted by molar-refractivity contribution is 0.598. The largest absolute Gasteiger partial charge is 0.238 e. The second-order valence-electron chi connectivity index (χ2n) is 2.25. The molecule has 0 saturated carbocycles. The third-order valence-corrected chi connectivity index (χ3v) is 3.38. The van der Waals surface area contributed by atoms with Crippen LogP contribution in [0.1, 0.15) is 0 Å². The molecule has 0 unspecified atom stereocenters. The van der Waals surface area contributed by atoms with Crippen LogP contribution in [-0.2, 0) is 10.0 Å². The molecule has 0 amide bonds. The second kappa shape index (κ2) is 3.63. The lowest BCUT2D eigenvalue weighted by Crippen LogP contribution is -2.12. The van der Waals surface area contributed by atoms with Gasteiger partial charge in [0.1, 0.15) is 0 Å². The summed E-state index contributed by atoms with van der Waals surface area (Å²) in [6.45, 7) is 0. The van der Waals surface area contributed by atoms with E-state index in [0.717, 1.165) is 12.1 Å². The van der Waals surface area contributed by atoms with Gasteiger partial charge in [-0.15, -0.1) is 0 Å².